The molecule has 18 heavy (non-hydrogen) atoms. The van der Waals surface area contributed by atoms with Gasteiger partial charge in [0.05, 0.1) is 0 Å². The molecule has 1 aliphatic carbocycles. The van der Waals surface area contributed by atoms with Gasteiger partial charge in [-0.2, -0.15) is 0 Å². The predicted molar refractivity (Wildman–Crippen MR) is 78.9 cm³/mol. The predicted octanol–water partition coefficient (Wildman–Crippen LogP) is 3.42. The Morgan fingerprint density at radius 1 is 0.944 bits per heavy atom. The Morgan fingerprint density at radius 3 is 2.56 bits per heavy atom. The van der Waals surface area contributed by atoms with E-state index < -0.39 is 0 Å². The Hall–Kier alpha value is -0.0800. The highest BCUT2D eigenvalue weighted by atomic mass is 15.2. The van der Waals surface area contributed by atoms with Crippen molar-refractivity contribution in [1.29, 1.82) is 0 Å². The third-order valence-corrected chi connectivity index (χ3v) is 5.18. The van der Waals surface area contributed by atoms with Gasteiger partial charge in [-0.05, 0) is 57.7 Å². The summed E-state index contributed by atoms with van der Waals surface area (Å²) in [5, 5.41) is 3.69. The van der Waals surface area contributed by atoms with Crippen LogP contribution in [-0.2, 0) is 0 Å². The molecule has 106 valence electrons. The Kier molecular flexibility index (Phi) is 5.97. The molecule has 2 nitrogen and oxygen atoms in total. The van der Waals surface area contributed by atoms with Crippen molar-refractivity contribution in [3.8, 4) is 0 Å². The third kappa shape index (κ3) is 3.71. The average molecular weight is 252 g/mol. The van der Waals surface area contributed by atoms with Crippen molar-refractivity contribution >= 4 is 0 Å². The summed E-state index contributed by atoms with van der Waals surface area (Å²) in [6, 6.07) is 1.66. The number of nitrogens with zero attached hydrogens (tertiary/aromatic N) is 1. The fourth-order valence-electron chi connectivity index (χ4n) is 3.95. The molecule has 1 saturated heterocycles. The first kappa shape index (κ1) is 14.3. The molecular weight excluding hydrogens is 220 g/mol. The second-order valence-electron chi connectivity index (χ2n) is 6.26. The molecule has 1 aliphatic heterocycles. The van der Waals surface area contributed by atoms with Gasteiger partial charge in [0.15, 0.2) is 0 Å². The standard InChI is InChI=1S/C16H32N2/c1-3-14-8-5-6-9-16(14)18-12-7-11-17-15(4-2)10-13-18/h14-17H,3-13H2,1-2H3. The Balaban J connectivity index is 1.92. The maximum atomic E-state index is 3.69. The molecule has 2 aliphatic rings. The summed E-state index contributed by atoms with van der Waals surface area (Å²) in [5.41, 5.74) is 0. The lowest BCUT2D eigenvalue weighted by Crippen LogP contribution is -2.47. The van der Waals surface area contributed by atoms with Crippen LogP contribution in [0.25, 0.3) is 0 Å². The smallest absolute Gasteiger partial charge is 0.0123 e. The Bertz CT molecular complexity index is 229. The minimum Gasteiger partial charge on any atom is -0.314 e. The topological polar surface area (TPSA) is 15.3 Å². The molecule has 0 aromatic rings. The van der Waals surface area contributed by atoms with E-state index in [-0.39, 0.29) is 0 Å². The average Bonchev–Trinajstić information content (AvgIpc) is 2.39. The van der Waals surface area contributed by atoms with Gasteiger partial charge < -0.3 is 10.2 Å². The first-order valence-corrected chi connectivity index (χ1v) is 8.32. The second-order valence-corrected chi connectivity index (χ2v) is 6.26. The number of nitrogens with one attached hydrogen (secondary N) is 1. The van der Waals surface area contributed by atoms with Crippen molar-refractivity contribution < 1.29 is 0 Å². The zero-order valence-electron chi connectivity index (χ0n) is 12.5. The van der Waals surface area contributed by atoms with Gasteiger partial charge in [0, 0.05) is 12.1 Å². The zero-order chi connectivity index (χ0) is 12.8. The highest BCUT2D eigenvalue weighted by molar-refractivity contribution is 4.84. The van der Waals surface area contributed by atoms with Gasteiger partial charge in [-0.25, -0.2) is 0 Å². The highest BCUT2D eigenvalue weighted by Gasteiger charge is 2.29. The van der Waals surface area contributed by atoms with Gasteiger partial charge in [-0.3, -0.25) is 0 Å². The molecule has 2 heteroatoms. The normalized spacial score (nSPS) is 36.0. The number of rotatable bonds is 3. The summed E-state index contributed by atoms with van der Waals surface area (Å²) in [7, 11) is 0. The second kappa shape index (κ2) is 7.49. The lowest BCUT2D eigenvalue weighted by Gasteiger charge is -2.41. The number of hydrogen-bond acceptors (Lipinski definition) is 2. The van der Waals surface area contributed by atoms with Crippen LogP contribution in [0.15, 0.2) is 0 Å². The van der Waals surface area contributed by atoms with Crippen LogP contribution in [0.4, 0.5) is 0 Å². The molecule has 2 rings (SSSR count). The lowest BCUT2D eigenvalue weighted by atomic mass is 9.81. The van der Waals surface area contributed by atoms with Gasteiger partial charge in [-0.15, -0.1) is 0 Å². The minimum atomic E-state index is 0.761. The van der Waals surface area contributed by atoms with Gasteiger partial charge >= 0.3 is 0 Å². The molecule has 0 bridgehead atoms. The molecule has 0 amide bonds. The quantitative estimate of drug-likeness (QED) is 0.828. The van der Waals surface area contributed by atoms with Crippen LogP contribution in [0, 0.1) is 5.92 Å². The molecule has 2 fully saturated rings. The molecule has 3 unspecified atom stereocenters. The first-order valence-electron chi connectivity index (χ1n) is 8.32. The summed E-state index contributed by atoms with van der Waals surface area (Å²) in [6.45, 7) is 8.58. The monoisotopic (exact) mass is 252 g/mol. The van der Waals surface area contributed by atoms with Crippen molar-refractivity contribution in [1.82, 2.24) is 10.2 Å². The van der Waals surface area contributed by atoms with E-state index in [0.29, 0.717) is 0 Å². The maximum absolute atomic E-state index is 3.69. The fraction of sp³-hybridized carbons (Fsp3) is 1.00. The highest BCUT2D eigenvalue weighted by Crippen LogP contribution is 2.31. The van der Waals surface area contributed by atoms with Crippen molar-refractivity contribution in [2.24, 2.45) is 5.92 Å². The Labute approximate surface area is 114 Å². The van der Waals surface area contributed by atoms with Crippen LogP contribution in [0.2, 0.25) is 0 Å². The van der Waals surface area contributed by atoms with Gasteiger partial charge in [0.2, 0.25) is 0 Å². The molecule has 3 atom stereocenters. The van der Waals surface area contributed by atoms with E-state index in [1.165, 1.54) is 71.0 Å². The van der Waals surface area contributed by atoms with E-state index in [4.69, 9.17) is 0 Å². The molecule has 1 heterocycles. The summed E-state index contributed by atoms with van der Waals surface area (Å²) in [6.07, 6.45) is 11.2. The minimum absolute atomic E-state index is 0.761. The van der Waals surface area contributed by atoms with Gasteiger partial charge in [0.1, 0.15) is 0 Å². The molecule has 1 saturated carbocycles. The van der Waals surface area contributed by atoms with Crippen molar-refractivity contribution in [3.63, 3.8) is 0 Å². The van der Waals surface area contributed by atoms with E-state index in [1.54, 1.807) is 0 Å². The van der Waals surface area contributed by atoms with Gasteiger partial charge in [0.25, 0.3) is 0 Å². The van der Waals surface area contributed by atoms with E-state index >= 15 is 0 Å². The van der Waals surface area contributed by atoms with E-state index in [1.807, 2.05) is 0 Å². The van der Waals surface area contributed by atoms with Crippen LogP contribution < -0.4 is 5.32 Å². The molecule has 0 radical (unpaired) electrons. The molecule has 0 aromatic heterocycles. The summed E-state index contributed by atoms with van der Waals surface area (Å²) < 4.78 is 0. The largest absolute Gasteiger partial charge is 0.314 e. The van der Waals surface area contributed by atoms with E-state index in [0.717, 1.165) is 18.0 Å². The molecule has 1 N–H and O–H groups in total. The SMILES string of the molecule is CCC1CCN(C2CCCCC2CC)CCCN1. The molecule has 0 aromatic carbocycles. The lowest BCUT2D eigenvalue weighted by molar-refractivity contribution is 0.0890. The van der Waals surface area contributed by atoms with Crippen LogP contribution in [0.5, 0.6) is 0 Å². The van der Waals surface area contributed by atoms with E-state index in [9.17, 15) is 0 Å². The Morgan fingerprint density at radius 2 is 1.78 bits per heavy atom. The van der Waals surface area contributed by atoms with Crippen molar-refractivity contribution in [2.75, 3.05) is 19.6 Å². The zero-order valence-corrected chi connectivity index (χ0v) is 12.5. The third-order valence-electron chi connectivity index (χ3n) is 5.18. The van der Waals surface area contributed by atoms with Crippen LogP contribution in [-0.4, -0.2) is 36.6 Å². The van der Waals surface area contributed by atoms with E-state index in [2.05, 4.69) is 24.1 Å². The molecular formula is C16H32N2. The van der Waals surface area contributed by atoms with Crippen LogP contribution >= 0.6 is 0 Å². The van der Waals surface area contributed by atoms with Crippen molar-refractivity contribution in [3.05, 3.63) is 0 Å². The van der Waals surface area contributed by atoms with Crippen molar-refractivity contribution in [2.45, 2.75) is 77.3 Å². The fourth-order valence-corrected chi connectivity index (χ4v) is 3.95. The summed E-state index contributed by atoms with van der Waals surface area (Å²) >= 11 is 0. The maximum Gasteiger partial charge on any atom is 0.0123 e. The van der Waals surface area contributed by atoms with Gasteiger partial charge in [-0.1, -0.05) is 33.1 Å². The first-order chi connectivity index (χ1) is 8.85. The molecule has 0 spiro atoms. The summed E-state index contributed by atoms with van der Waals surface area (Å²) in [4.78, 5) is 2.84. The number of hydrogen-bond donors (Lipinski definition) is 1. The summed E-state index contributed by atoms with van der Waals surface area (Å²) in [5.74, 6) is 0.978. The van der Waals surface area contributed by atoms with Crippen LogP contribution in [0.1, 0.15) is 65.2 Å². The van der Waals surface area contributed by atoms with Crippen LogP contribution in [0.3, 0.4) is 0 Å².